The standard InChI is InChI=1S/C8H9BrN2O3S/c1-2-14-7(13)5-6(4(12)3-9)15-8(10)11-5/h2-3H2,1H3,(H2,10,11). The molecule has 5 nitrogen and oxygen atoms in total. The van der Waals surface area contributed by atoms with Crippen molar-refractivity contribution in [3.63, 3.8) is 0 Å². The number of nitrogen functional groups attached to an aromatic ring is 1. The molecule has 0 radical (unpaired) electrons. The van der Waals surface area contributed by atoms with E-state index in [0.717, 1.165) is 11.3 Å². The molecule has 0 unspecified atom stereocenters. The molecule has 82 valence electrons. The Morgan fingerprint density at radius 2 is 2.27 bits per heavy atom. The predicted molar refractivity (Wildman–Crippen MR) is 60.6 cm³/mol. The second kappa shape index (κ2) is 5.22. The molecule has 0 aliphatic rings. The molecule has 2 N–H and O–H groups in total. The summed E-state index contributed by atoms with van der Waals surface area (Å²) in [6.45, 7) is 1.91. The first-order valence-corrected chi connectivity index (χ1v) is 6.06. The molecule has 0 bridgehead atoms. The minimum Gasteiger partial charge on any atom is -0.461 e. The largest absolute Gasteiger partial charge is 0.461 e. The summed E-state index contributed by atoms with van der Waals surface area (Å²) in [6.07, 6.45) is 0. The van der Waals surface area contributed by atoms with E-state index in [1.807, 2.05) is 0 Å². The molecule has 1 heterocycles. The molecule has 0 amide bonds. The van der Waals surface area contributed by atoms with Crippen molar-refractivity contribution in [1.29, 1.82) is 0 Å². The summed E-state index contributed by atoms with van der Waals surface area (Å²) in [6, 6.07) is 0. The summed E-state index contributed by atoms with van der Waals surface area (Å²) >= 11 is 4.01. The number of nitrogens with two attached hydrogens (primary N) is 1. The number of alkyl halides is 1. The van der Waals surface area contributed by atoms with Crippen LogP contribution in [0.5, 0.6) is 0 Å². The van der Waals surface area contributed by atoms with Gasteiger partial charge in [0.25, 0.3) is 0 Å². The normalized spacial score (nSPS) is 10.0. The van der Waals surface area contributed by atoms with Gasteiger partial charge in [-0.2, -0.15) is 0 Å². The average Bonchev–Trinajstić information content (AvgIpc) is 2.59. The van der Waals surface area contributed by atoms with Gasteiger partial charge in [-0.1, -0.05) is 27.3 Å². The second-order valence-corrected chi connectivity index (χ2v) is 4.10. The zero-order chi connectivity index (χ0) is 11.4. The van der Waals surface area contributed by atoms with E-state index in [1.165, 1.54) is 0 Å². The van der Waals surface area contributed by atoms with E-state index in [0.29, 0.717) is 0 Å². The highest BCUT2D eigenvalue weighted by molar-refractivity contribution is 9.09. The van der Waals surface area contributed by atoms with Crippen LogP contribution in [0.4, 0.5) is 5.13 Å². The van der Waals surface area contributed by atoms with Gasteiger partial charge < -0.3 is 10.5 Å². The molecule has 1 aromatic rings. The van der Waals surface area contributed by atoms with Crippen molar-refractivity contribution >= 4 is 44.2 Å². The van der Waals surface area contributed by atoms with Gasteiger partial charge in [-0.3, -0.25) is 4.79 Å². The molecule has 0 saturated carbocycles. The number of ketones is 1. The highest BCUT2D eigenvalue weighted by atomic mass is 79.9. The lowest BCUT2D eigenvalue weighted by atomic mass is 10.3. The Morgan fingerprint density at radius 3 is 2.80 bits per heavy atom. The number of ether oxygens (including phenoxy) is 1. The van der Waals surface area contributed by atoms with E-state index in [-0.39, 0.29) is 33.4 Å². The van der Waals surface area contributed by atoms with Crippen molar-refractivity contribution in [3.05, 3.63) is 10.6 Å². The zero-order valence-corrected chi connectivity index (χ0v) is 10.4. The van der Waals surface area contributed by atoms with Crippen molar-refractivity contribution in [2.45, 2.75) is 6.92 Å². The maximum absolute atomic E-state index is 11.4. The zero-order valence-electron chi connectivity index (χ0n) is 7.95. The Morgan fingerprint density at radius 1 is 1.60 bits per heavy atom. The number of hydrogen-bond donors (Lipinski definition) is 1. The molecule has 0 aliphatic heterocycles. The van der Waals surface area contributed by atoms with Crippen LogP contribution in [0.2, 0.25) is 0 Å². The van der Waals surface area contributed by atoms with Gasteiger partial charge in [0.05, 0.1) is 11.9 Å². The van der Waals surface area contributed by atoms with E-state index in [4.69, 9.17) is 10.5 Å². The summed E-state index contributed by atoms with van der Waals surface area (Å²) in [5.41, 5.74) is 5.44. The summed E-state index contributed by atoms with van der Waals surface area (Å²) in [5, 5.41) is 0.309. The van der Waals surface area contributed by atoms with Crippen molar-refractivity contribution in [2.75, 3.05) is 17.7 Å². The number of thiazole rings is 1. The van der Waals surface area contributed by atoms with Gasteiger partial charge in [0.1, 0.15) is 4.88 Å². The number of carbonyl (C=O) groups is 2. The minimum atomic E-state index is -0.616. The van der Waals surface area contributed by atoms with Crippen molar-refractivity contribution < 1.29 is 14.3 Å². The third kappa shape index (κ3) is 2.75. The number of anilines is 1. The fourth-order valence-electron chi connectivity index (χ4n) is 0.924. The SMILES string of the molecule is CCOC(=O)c1nc(N)sc1C(=O)CBr. The van der Waals surface area contributed by atoms with Gasteiger partial charge in [0.15, 0.2) is 16.6 Å². The van der Waals surface area contributed by atoms with Gasteiger partial charge in [-0.05, 0) is 6.92 Å². The fraction of sp³-hybridized carbons (Fsp3) is 0.375. The van der Waals surface area contributed by atoms with Gasteiger partial charge in [-0.15, -0.1) is 0 Å². The fourth-order valence-corrected chi connectivity index (χ4v) is 2.15. The molecule has 0 saturated heterocycles. The van der Waals surface area contributed by atoms with Crippen LogP contribution in [0, 0.1) is 0 Å². The number of esters is 1. The molecule has 15 heavy (non-hydrogen) atoms. The molecular weight excluding hydrogens is 284 g/mol. The molecule has 0 spiro atoms. The maximum atomic E-state index is 11.4. The van der Waals surface area contributed by atoms with Crippen LogP contribution in [0.1, 0.15) is 27.1 Å². The second-order valence-electron chi connectivity index (χ2n) is 2.51. The molecular formula is C8H9BrN2O3S. The molecule has 0 fully saturated rings. The third-order valence-electron chi connectivity index (χ3n) is 1.49. The summed E-state index contributed by atoms with van der Waals surface area (Å²) in [7, 11) is 0. The Balaban J connectivity index is 3.06. The average molecular weight is 293 g/mol. The first-order chi connectivity index (χ1) is 7.10. The van der Waals surface area contributed by atoms with E-state index in [2.05, 4.69) is 20.9 Å². The number of carbonyl (C=O) groups excluding carboxylic acids is 2. The lowest BCUT2D eigenvalue weighted by Crippen LogP contribution is -2.11. The minimum absolute atomic E-state index is 0.00352. The molecule has 7 heteroatoms. The molecule has 0 atom stereocenters. The Bertz CT molecular complexity index is 391. The van der Waals surface area contributed by atoms with Crippen LogP contribution in [0.3, 0.4) is 0 Å². The van der Waals surface area contributed by atoms with Gasteiger partial charge in [0.2, 0.25) is 0 Å². The maximum Gasteiger partial charge on any atom is 0.358 e. The summed E-state index contributed by atoms with van der Waals surface area (Å²) < 4.78 is 4.76. The summed E-state index contributed by atoms with van der Waals surface area (Å²) in [5.74, 6) is -0.845. The predicted octanol–water partition coefficient (Wildman–Crippen LogP) is 1.48. The van der Waals surface area contributed by atoms with Crippen LogP contribution in [0.25, 0.3) is 0 Å². The van der Waals surface area contributed by atoms with Crippen molar-refractivity contribution in [2.24, 2.45) is 0 Å². The first-order valence-electron chi connectivity index (χ1n) is 4.12. The first kappa shape index (κ1) is 12.1. The Kier molecular flexibility index (Phi) is 4.22. The molecule has 0 aromatic carbocycles. The number of hydrogen-bond acceptors (Lipinski definition) is 6. The molecule has 1 rings (SSSR count). The van der Waals surface area contributed by atoms with Crippen LogP contribution in [-0.4, -0.2) is 28.7 Å². The van der Waals surface area contributed by atoms with Crippen LogP contribution in [0.15, 0.2) is 0 Å². The quantitative estimate of drug-likeness (QED) is 0.516. The van der Waals surface area contributed by atoms with Gasteiger partial charge in [0, 0.05) is 0 Å². The van der Waals surface area contributed by atoms with E-state index >= 15 is 0 Å². The van der Waals surface area contributed by atoms with E-state index in [9.17, 15) is 9.59 Å². The van der Waals surface area contributed by atoms with Gasteiger partial charge in [-0.25, -0.2) is 9.78 Å². The molecule has 0 aliphatic carbocycles. The van der Waals surface area contributed by atoms with Crippen molar-refractivity contribution in [3.8, 4) is 0 Å². The molecule has 1 aromatic heterocycles. The number of nitrogens with zero attached hydrogens (tertiary/aromatic N) is 1. The number of aromatic nitrogens is 1. The third-order valence-corrected chi connectivity index (χ3v) is 2.92. The topological polar surface area (TPSA) is 82.3 Å². The highest BCUT2D eigenvalue weighted by Crippen LogP contribution is 2.22. The van der Waals surface area contributed by atoms with Crippen LogP contribution in [-0.2, 0) is 4.74 Å². The van der Waals surface area contributed by atoms with Gasteiger partial charge >= 0.3 is 5.97 Å². The van der Waals surface area contributed by atoms with Crippen molar-refractivity contribution in [1.82, 2.24) is 4.98 Å². The van der Waals surface area contributed by atoms with Crippen LogP contribution < -0.4 is 5.73 Å². The Labute approximate surface area is 98.8 Å². The number of halogens is 1. The lowest BCUT2D eigenvalue weighted by Gasteiger charge is -1.99. The van der Waals surface area contributed by atoms with E-state index < -0.39 is 5.97 Å². The lowest BCUT2D eigenvalue weighted by molar-refractivity contribution is 0.0517. The summed E-state index contributed by atoms with van der Waals surface area (Å²) in [4.78, 5) is 26.8. The monoisotopic (exact) mass is 292 g/mol. The van der Waals surface area contributed by atoms with Crippen LogP contribution >= 0.6 is 27.3 Å². The number of Topliss-reactive ketones (excluding diaryl/α,β-unsaturated/α-hetero) is 1. The number of rotatable bonds is 4. The Hall–Kier alpha value is -0.950. The smallest absolute Gasteiger partial charge is 0.358 e. The van der Waals surface area contributed by atoms with E-state index in [1.54, 1.807) is 6.92 Å². The highest BCUT2D eigenvalue weighted by Gasteiger charge is 2.22.